The van der Waals surface area contributed by atoms with Crippen LogP contribution >= 0.6 is 0 Å². The second-order valence-electron chi connectivity index (χ2n) is 8.46. The van der Waals surface area contributed by atoms with Gasteiger partial charge in [0.1, 0.15) is 4.90 Å². The molecule has 0 unspecified atom stereocenters. The van der Waals surface area contributed by atoms with Crippen LogP contribution in [0.2, 0.25) is 0 Å². The summed E-state index contributed by atoms with van der Waals surface area (Å²) in [6.45, 7) is 5.06. The Hall–Kier alpha value is -2.26. The van der Waals surface area contributed by atoms with Gasteiger partial charge in [0, 0.05) is 31.9 Å². The van der Waals surface area contributed by atoms with Crippen LogP contribution in [0, 0.1) is 5.92 Å². The maximum absolute atomic E-state index is 13.3. The van der Waals surface area contributed by atoms with E-state index in [-0.39, 0.29) is 10.8 Å². The molecule has 2 saturated heterocycles. The predicted molar refractivity (Wildman–Crippen MR) is 115 cm³/mol. The minimum Gasteiger partial charge on any atom is -0.329 e. The minimum absolute atomic E-state index is 0.0173. The van der Waals surface area contributed by atoms with Crippen molar-refractivity contribution in [3.8, 4) is 0 Å². The smallest absolute Gasteiger partial charge is 0.272 e. The molecule has 0 aromatic carbocycles. The summed E-state index contributed by atoms with van der Waals surface area (Å²) >= 11 is 0. The van der Waals surface area contributed by atoms with Crippen LogP contribution in [0.4, 0.5) is 0 Å². The van der Waals surface area contributed by atoms with Gasteiger partial charge in [-0.25, -0.2) is 12.7 Å². The number of aromatic nitrogens is 1. The van der Waals surface area contributed by atoms with E-state index in [9.17, 15) is 18.0 Å². The SMILES string of the molecule is CCC[C@H]1C(=O)N(S(=O)(=O)c2cccnc2)C2=CCN(C(=O)CCN3CCCCC3)[C@@H]21. The van der Waals surface area contributed by atoms with Gasteiger partial charge in [0.25, 0.3) is 10.0 Å². The first-order valence-corrected chi connectivity index (χ1v) is 12.6. The van der Waals surface area contributed by atoms with E-state index in [1.807, 2.05) is 6.92 Å². The number of piperidine rings is 1. The lowest BCUT2D eigenvalue weighted by Crippen LogP contribution is -2.42. The van der Waals surface area contributed by atoms with Crippen LogP contribution in [0.25, 0.3) is 0 Å². The Balaban J connectivity index is 1.55. The third-order valence-corrected chi connectivity index (χ3v) is 8.16. The fourth-order valence-corrected chi connectivity index (χ4v) is 6.40. The topological polar surface area (TPSA) is 90.9 Å². The van der Waals surface area contributed by atoms with Crippen LogP contribution in [0.15, 0.2) is 41.2 Å². The van der Waals surface area contributed by atoms with E-state index in [2.05, 4.69) is 9.88 Å². The number of fused-ring (bicyclic) bond motifs is 1. The van der Waals surface area contributed by atoms with Crippen LogP contribution in [0.3, 0.4) is 0 Å². The summed E-state index contributed by atoms with van der Waals surface area (Å²) in [5.41, 5.74) is 0.415. The van der Waals surface area contributed by atoms with Crippen LogP contribution in [-0.2, 0) is 19.6 Å². The lowest BCUT2D eigenvalue weighted by Gasteiger charge is -2.30. The largest absolute Gasteiger partial charge is 0.329 e. The lowest BCUT2D eigenvalue weighted by atomic mass is 9.96. The Bertz CT molecular complexity index is 957. The molecule has 9 heteroatoms. The van der Waals surface area contributed by atoms with Gasteiger partial charge in [0.15, 0.2) is 0 Å². The molecular weight excluding hydrogens is 416 g/mol. The maximum Gasteiger partial charge on any atom is 0.272 e. The summed E-state index contributed by atoms with van der Waals surface area (Å²) in [5, 5.41) is 0. The first-order chi connectivity index (χ1) is 14.9. The van der Waals surface area contributed by atoms with Gasteiger partial charge in [-0.3, -0.25) is 14.6 Å². The van der Waals surface area contributed by atoms with Gasteiger partial charge in [-0.2, -0.15) is 0 Å². The summed E-state index contributed by atoms with van der Waals surface area (Å²) in [6, 6.07) is 2.47. The molecule has 1 aromatic rings. The molecule has 168 valence electrons. The average molecular weight is 447 g/mol. The Morgan fingerprint density at radius 1 is 1.23 bits per heavy atom. The molecule has 0 spiro atoms. The van der Waals surface area contributed by atoms with Crippen molar-refractivity contribution < 1.29 is 18.0 Å². The Kier molecular flexibility index (Phi) is 6.43. The molecule has 31 heavy (non-hydrogen) atoms. The third kappa shape index (κ3) is 4.13. The summed E-state index contributed by atoms with van der Waals surface area (Å²) in [6.07, 6.45) is 9.71. The number of likely N-dealkylation sites (tertiary alicyclic amines) is 1. The lowest BCUT2D eigenvalue weighted by molar-refractivity contribution is -0.134. The molecule has 0 aliphatic carbocycles. The molecule has 4 heterocycles. The quantitative estimate of drug-likeness (QED) is 0.636. The highest BCUT2D eigenvalue weighted by atomic mass is 32.2. The van der Waals surface area contributed by atoms with E-state index in [1.165, 1.54) is 43.8 Å². The molecule has 8 nitrogen and oxygen atoms in total. The Morgan fingerprint density at radius 3 is 2.68 bits per heavy atom. The standard InChI is InChI=1S/C22H30N4O4S/c1-2-7-18-21-19(26(22(18)28)31(29,30)17-8-6-11-23-16-17)9-15-25(21)20(27)10-14-24-12-4-3-5-13-24/h6,8-9,11,16,18,21H,2-5,7,10,12-15H2,1H3/t18-,21-/m1/s1. The molecule has 2 amide bonds. The third-order valence-electron chi connectivity index (χ3n) is 6.45. The number of nitrogens with zero attached hydrogens (tertiary/aromatic N) is 4. The van der Waals surface area contributed by atoms with Gasteiger partial charge in [-0.05, 0) is 50.6 Å². The van der Waals surface area contributed by atoms with E-state index < -0.39 is 27.9 Å². The van der Waals surface area contributed by atoms with Crippen molar-refractivity contribution in [2.75, 3.05) is 26.2 Å². The highest BCUT2D eigenvalue weighted by molar-refractivity contribution is 7.89. The normalized spacial score (nSPS) is 24.4. The molecule has 3 aliphatic rings. The number of sulfonamides is 1. The number of hydrogen-bond acceptors (Lipinski definition) is 6. The number of carbonyl (C=O) groups excluding carboxylic acids is 2. The van der Waals surface area contributed by atoms with Gasteiger partial charge < -0.3 is 9.80 Å². The van der Waals surface area contributed by atoms with Crippen LogP contribution in [-0.4, -0.2) is 71.5 Å². The zero-order chi connectivity index (χ0) is 22.0. The fraction of sp³-hybridized carbons (Fsp3) is 0.591. The van der Waals surface area contributed by atoms with Gasteiger partial charge in [0.2, 0.25) is 11.8 Å². The van der Waals surface area contributed by atoms with Crippen molar-refractivity contribution in [3.63, 3.8) is 0 Å². The number of hydrogen-bond donors (Lipinski definition) is 0. The maximum atomic E-state index is 13.3. The molecule has 0 radical (unpaired) electrons. The van der Waals surface area contributed by atoms with Crippen molar-refractivity contribution in [1.29, 1.82) is 0 Å². The Labute approximate surface area is 184 Å². The first kappa shape index (κ1) is 22.0. The zero-order valence-corrected chi connectivity index (χ0v) is 18.8. The highest BCUT2D eigenvalue weighted by Crippen LogP contribution is 2.41. The average Bonchev–Trinajstić information content (AvgIpc) is 3.32. The van der Waals surface area contributed by atoms with E-state index in [4.69, 9.17) is 0 Å². The molecule has 3 aliphatic heterocycles. The summed E-state index contributed by atoms with van der Waals surface area (Å²) in [4.78, 5) is 34.2. The fourth-order valence-electron chi connectivity index (χ4n) is 4.92. The number of pyridine rings is 1. The van der Waals surface area contributed by atoms with E-state index in [0.29, 0.717) is 31.6 Å². The van der Waals surface area contributed by atoms with Gasteiger partial charge >= 0.3 is 0 Å². The molecular formula is C22H30N4O4S. The van der Waals surface area contributed by atoms with Crippen molar-refractivity contribution in [3.05, 3.63) is 36.3 Å². The molecule has 4 rings (SSSR count). The first-order valence-electron chi connectivity index (χ1n) is 11.2. The van der Waals surface area contributed by atoms with Crippen molar-refractivity contribution in [2.45, 2.75) is 56.4 Å². The molecule has 0 saturated carbocycles. The van der Waals surface area contributed by atoms with Gasteiger partial charge in [-0.15, -0.1) is 0 Å². The number of rotatable bonds is 7. The van der Waals surface area contributed by atoms with Crippen LogP contribution < -0.4 is 0 Å². The minimum atomic E-state index is -4.07. The molecule has 1 aromatic heterocycles. The summed E-state index contributed by atoms with van der Waals surface area (Å²) in [5.74, 6) is -1.00. The van der Waals surface area contributed by atoms with Gasteiger partial charge in [-0.1, -0.05) is 19.8 Å². The van der Waals surface area contributed by atoms with Crippen molar-refractivity contribution in [2.24, 2.45) is 5.92 Å². The number of carbonyl (C=O) groups is 2. The monoisotopic (exact) mass is 446 g/mol. The highest BCUT2D eigenvalue weighted by Gasteiger charge is 2.54. The summed E-state index contributed by atoms with van der Waals surface area (Å²) in [7, 11) is -4.07. The summed E-state index contributed by atoms with van der Waals surface area (Å²) < 4.78 is 27.4. The van der Waals surface area contributed by atoms with E-state index >= 15 is 0 Å². The van der Waals surface area contributed by atoms with Crippen LogP contribution in [0.1, 0.15) is 45.4 Å². The zero-order valence-electron chi connectivity index (χ0n) is 17.9. The second kappa shape index (κ2) is 9.08. The van der Waals surface area contributed by atoms with Gasteiger partial charge in [0.05, 0.1) is 17.7 Å². The van der Waals surface area contributed by atoms with Crippen LogP contribution in [0.5, 0.6) is 0 Å². The van der Waals surface area contributed by atoms with Crippen molar-refractivity contribution >= 4 is 21.8 Å². The molecule has 0 bridgehead atoms. The predicted octanol–water partition coefficient (Wildman–Crippen LogP) is 2.00. The number of amides is 2. The van der Waals surface area contributed by atoms with E-state index in [1.54, 1.807) is 11.0 Å². The molecule has 2 atom stereocenters. The molecule has 0 N–H and O–H groups in total. The molecule has 2 fully saturated rings. The van der Waals surface area contributed by atoms with E-state index in [0.717, 1.165) is 23.8 Å². The second-order valence-corrected chi connectivity index (χ2v) is 10.3. The van der Waals surface area contributed by atoms with Crippen molar-refractivity contribution in [1.82, 2.24) is 19.1 Å². The Morgan fingerprint density at radius 2 is 2.00 bits per heavy atom.